The van der Waals surface area contributed by atoms with E-state index in [4.69, 9.17) is 4.74 Å². The predicted octanol–water partition coefficient (Wildman–Crippen LogP) is 4.62. The summed E-state index contributed by atoms with van der Waals surface area (Å²) in [5.74, 6) is 0.758. The SMILES string of the molecule is CC(C)(C)OC(=O)c1cc2cc(NC(=O)[C@H]3NCC[C@H]3C3CCCCC3)ccc2[nH]1. The van der Waals surface area contributed by atoms with Gasteiger partial charge in [0, 0.05) is 16.6 Å². The Bertz CT molecular complexity index is 921. The maximum atomic E-state index is 13.0. The Morgan fingerprint density at radius 3 is 2.57 bits per heavy atom. The highest BCUT2D eigenvalue weighted by atomic mass is 16.6. The smallest absolute Gasteiger partial charge is 0.355 e. The van der Waals surface area contributed by atoms with Crippen molar-refractivity contribution in [1.29, 1.82) is 0 Å². The first-order valence-corrected chi connectivity index (χ1v) is 11.2. The molecule has 4 rings (SSSR count). The molecule has 1 aromatic carbocycles. The van der Waals surface area contributed by atoms with Crippen LogP contribution in [0.3, 0.4) is 0 Å². The number of nitrogens with one attached hydrogen (secondary N) is 3. The lowest BCUT2D eigenvalue weighted by atomic mass is 9.76. The molecule has 0 radical (unpaired) electrons. The second-order valence-corrected chi connectivity index (χ2v) is 9.76. The summed E-state index contributed by atoms with van der Waals surface area (Å²) >= 11 is 0. The lowest BCUT2D eigenvalue weighted by Crippen LogP contribution is -2.42. The fourth-order valence-corrected chi connectivity index (χ4v) is 4.95. The van der Waals surface area contributed by atoms with Gasteiger partial charge in [0.15, 0.2) is 0 Å². The highest BCUT2D eigenvalue weighted by molar-refractivity contribution is 5.99. The summed E-state index contributed by atoms with van der Waals surface area (Å²) in [6.07, 6.45) is 7.49. The number of esters is 1. The van der Waals surface area contributed by atoms with Crippen LogP contribution in [0.15, 0.2) is 24.3 Å². The molecule has 2 heterocycles. The first-order valence-electron chi connectivity index (χ1n) is 11.2. The Balaban J connectivity index is 1.45. The first-order chi connectivity index (χ1) is 14.3. The third-order valence-corrected chi connectivity index (χ3v) is 6.31. The van der Waals surface area contributed by atoms with Crippen molar-refractivity contribution < 1.29 is 14.3 Å². The molecule has 1 aliphatic carbocycles. The number of aromatic nitrogens is 1. The van der Waals surface area contributed by atoms with E-state index in [1.165, 1.54) is 32.1 Å². The Morgan fingerprint density at radius 1 is 1.07 bits per heavy atom. The number of hydrogen-bond acceptors (Lipinski definition) is 4. The minimum atomic E-state index is -0.545. The number of hydrogen-bond donors (Lipinski definition) is 3. The zero-order valence-electron chi connectivity index (χ0n) is 18.2. The van der Waals surface area contributed by atoms with Crippen LogP contribution in [-0.4, -0.2) is 35.0 Å². The van der Waals surface area contributed by atoms with E-state index >= 15 is 0 Å². The van der Waals surface area contributed by atoms with E-state index < -0.39 is 5.60 Å². The molecule has 3 N–H and O–H groups in total. The van der Waals surface area contributed by atoms with Crippen molar-refractivity contribution in [3.05, 3.63) is 30.0 Å². The number of carbonyl (C=O) groups is 2. The molecule has 0 spiro atoms. The molecule has 1 amide bonds. The van der Waals surface area contributed by atoms with Gasteiger partial charge in [0.2, 0.25) is 5.91 Å². The zero-order valence-corrected chi connectivity index (χ0v) is 18.2. The van der Waals surface area contributed by atoms with Crippen LogP contribution in [0.4, 0.5) is 5.69 Å². The monoisotopic (exact) mass is 411 g/mol. The van der Waals surface area contributed by atoms with Gasteiger partial charge in [-0.15, -0.1) is 0 Å². The van der Waals surface area contributed by atoms with Gasteiger partial charge in [-0.2, -0.15) is 0 Å². The van der Waals surface area contributed by atoms with Crippen molar-refractivity contribution >= 4 is 28.5 Å². The van der Waals surface area contributed by atoms with Crippen LogP contribution in [0, 0.1) is 11.8 Å². The van der Waals surface area contributed by atoms with Gasteiger partial charge in [-0.3, -0.25) is 4.79 Å². The Labute approximate surface area is 178 Å². The summed E-state index contributed by atoms with van der Waals surface area (Å²) in [5.41, 5.74) is 1.46. The molecule has 2 aromatic rings. The van der Waals surface area contributed by atoms with Gasteiger partial charge in [0.1, 0.15) is 11.3 Å². The van der Waals surface area contributed by atoms with E-state index in [9.17, 15) is 9.59 Å². The summed E-state index contributed by atoms with van der Waals surface area (Å²) < 4.78 is 5.44. The number of amides is 1. The van der Waals surface area contributed by atoms with Crippen LogP contribution < -0.4 is 10.6 Å². The molecule has 1 aromatic heterocycles. The largest absolute Gasteiger partial charge is 0.455 e. The van der Waals surface area contributed by atoms with E-state index in [-0.39, 0.29) is 17.9 Å². The Hall–Kier alpha value is -2.34. The topological polar surface area (TPSA) is 83.2 Å². The van der Waals surface area contributed by atoms with E-state index in [1.54, 1.807) is 6.07 Å². The van der Waals surface area contributed by atoms with E-state index in [0.717, 1.165) is 29.6 Å². The number of carbonyl (C=O) groups excluding carboxylic acids is 2. The van der Waals surface area contributed by atoms with Crippen LogP contribution in [0.5, 0.6) is 0 Å². The van der Waals surface area contributed by atoms with E-state index in [1.807, 2.05) is 39.0 Å². The normalized spacial score (nSPS) is 22.9. The summed E-state index contributed by atoms with van der Waals surface area (Å²) in [6, 6.07) is 7.33. The number of fused-ring (bicyclic) bond motifs is 1. The van der Waals surface area contributed by atoms with E-state index in [0.29, 0.717) is 17.5 Å². The minimum absolute atomic E-state index is 0.0466. The lowest BCUT2D eigenvalue weighted by molar-refractivity contribution is -0.119. The molecule has 6 nitrogen and oxygen atoms in total. The number of anilines is 1. The van der Waals surface area contributed by atoms with Crippen LogP contribution in [0.2, 0.25) is 0 Å². The molecular weight excluding hydrogens is 378 g/mol. The Kier molecular flexibility index (Phi) is 5.87. The van der Waals surface area contributed by atoms with Gasteiger partial charge < -0.3 is 20.4 Å². The molecule has 30 heavy (non-hydrogen) atoms. The average molecular weight is 412 g/mol. The van der Waals surface area contributed by atoms with Crippen molar-refractivity contribution in [1.82, 2.24) is 10.3 Å². The number of rotatable bonds is 4. The number of ether oxygens (including phenoxy) is 1. The maximum Gasteiger partial charge on any atom is 0.355 e. The van der Waals surface area contributed by atoms with Gasteiger partial charge in [-0.1, -0.05) is 32.1 Å². The molecule has 1 saturated heterocycles. The molecule has 2 fully saturated rings. The van der Waals surface area contributed by atoms with Gasteiger partial charge >= 0.3 is 5.97 Å². The van der Waals surface area contributed by atoms with Gasteiger partial charge in [-0.05, 0) is 69.8 Å². The highest BCUT2D eigenvalue weighted by Gasteiger charge is 2.38. The third-order valence-electron chi connectivity index (χ3n) is 6.31. The molecular formula is C24H33N3O3. The van der Waals surface area contributed by atoms with Gasteiger partial charge in [-0.25, -0.2) is 4.79 Å². The standard InChI is InChI=1S/C24H33N3O3/c1-24(2,3)30-23(29)20-14-16-13-17(9-10-19(16)27-20)26-22(28)21-18(11-12-25-21)15-7-5-4-6-8-15/h9-10,13-15,18,21,25,27H,4-8,11-12H2,1-3H3,(H,26,28)/t18-,21-/m0/s1. The first kappa shape index (κ1) is 20.9. The number of benzene rings is 1. The molecule has 0 unspecified atom stereocenters. The van der Waals surface area contributed by atoms with Gasteiger partial charge in [0.05, 0.1) is 6.04 Å². The number of aromatic amines is 1. The Morgan fingerprint density at radius 2 is 1.83 bits per heavy atom. The van der Waals surface area contributed by atoms with E-state index in [2.05, 4.69) is 15.6 Å². The maximum absolute atomic E-state index is 13.0. The molecule has 2 atom stereocenters. The summed E-state index contributed by atoms with van der Waals surface area (Å²) in [5, 5.41) is 7.38. The molecule has 162 valence electrons. The average Bonchev–Trinajstić information content (AvgIpc) is 3.34. The van der Waals surface area contributed by atoms with Crippen LogP contribution in [-0.2, 0) is 9.53 Å². The second kappa shape index (κ2) is 8.42. The minimum Gasteiger partial charge on any atom is -0.455 e. The summed E-state index contributed by atoms with van der Waals surface area (Å²) in [7, 11) is 0. The highest BCUT2D eigenvalue weighted by Crippen LogP contribution is 2.36. The van der Waals surface area contributed by atoms with Crippen molar-refractivity contribution in [2.24, 2.45) is 11.8 Å². The van der Waals surface area contributed by atoms with Crippen molar-refractivity contribution in [3.63, 3.8) is 0 Å². The zero-order chi connectivity index (χ0) is 21.3. The fourth-order valence-electron chi connectivity index (χ4n) is 4.95. The van der Waals surface area contributed by atoms with Crippen LogP contribution in [0.25, 0.3) is 10.9 Å². The summed E-state index contributed by atoms with van der Waals surface area (Å²) in [4.78, 5) is 28.4. The predicted molar refractivity (Wildman–Crippen MR) is 119 cm³/mol. The third kappa shape index (κ3) is 4.69. The molecule has 6 heteroatoms. The second-order valence-electron chi connectivity index (χ2n) is 9.76. The van der Waals surface area contributed by atoms with Crippen LogP contribution in [0.1, 0.15) is 69.8 Å². The van der Waals surface area contributed by atoms with Gasteiger partial charge in [0.25, 0.3) is 0 Å². The van der Waals surface area contributed by atoms with Crippen molar-refractivity contribution in [2.75, 3.05) is 11.9 Å². The molecule has 0 bridgehead atoms. The van der Waals surface area contributed by atoms with Crippen molar-refractivity contribution in [3.8, 4) is 0 Å². The fraction of sp³-hybridized carbons (Fsp3) is 0.583. The lowest BCUT2D eigenvalue weighted by Gasteiger charge is -2.30. The van der Waals surface area contributed by atoms with Crippen LogP contribution >= 0.6 is 0 Å². The summed E-state index contributed by atoms with van der Waals surface area (Å²) in [6.45, 7) is 6.45. The number of H-pyrrole nitrogens is 1. The molecule has 1 aliphatic heterocycles. The van der Waals surface area contributed by atoms with Crippen molar-refractivity contribution in [2.45, 2.75) is 70.9 Å². The molecule has 1 saturated carbocycles. The quantitative estimate of drug-likeness (QED) is 0.641. The molecule has 2 aliphatic rings.